The van der Waals surface area contributed by atoms with E-state index in [1.165, 1.54) is 0 Å². The molecule has 0 bridgehead atoms. The molecule has 0 N–H and O–H groups in total. The Bertz CT molecular complexity index is 62.8. The van der Waals surface area contributed by atoms with Crippen LogP contribution in [0, 0.1) is 6.42 Å². The van der Waals surface area contributed by atoms with Crippen LogP contribution in [-0.2, 0) is 4.74 Å². The van der Waals surface area contributed by atoms with Crippen LogP contribution in [0.1, 0.15) is 26.7 Å². The second-order valence-electron chi connectivity index (χ2n) is 2.52. The Morgan fingerprint density at radius 3 is 2.00 bits per heavy atom. The van der Waals surface area contributed by atoms with Crippen molar-refractivity contribution in [3.05, 3.63) is 6.42 Å². The molecule has 1 aliphatic rings. The third-order valence-electron chi connectivity index (χ3n) is 1.46. The zero-order valence-corrected chi connectivity index (χ0v) is 5.55. The molecular formula is C7H13O. The molecule has 0 amide bonds. The van der Waals surface area contributed by atoms with Gasteiger partial charge in [-0.3, -0.25) is 0 Å². The van der Waals surface area contributed by atoms with E-state index in [-0.39, 0.29) is 0 Å². The number of hydrogen-bond donors (Lipinski definition) is 0. The molecule has 0 spiro atoms. The van der Waals surface area contributed by atoms with E-state index < -0.39 is 0 Å². The Morgan fingerprint density at radius 1 is 1.25 bits per heavy atom. The molecule has 0 saturated carbocycles. The van der Waals surface area contributed by atoms with Crippen LogP contribution in [0.25, 0.3) is 0 Å². The summed E-state index contributed by atoms with van der Waals surface area (Å²) >= 11 is 0. The Labute approximate surface area is 51.0 Å². The maximum Gasteiger partial charge on any atom is 0.0553 e. The van der Waals surface area contributed by atoms with Crippen LogP contribution < -0.4 is 0 Å². The highest BCUT2D eigenvalue weighted by Gasteiger charge is 2.13. The van der Waals surface area contributed by atoms with Crippen molar-refractivity contribution in [3.63, 3.8) is 0 Å². The predicted octanol–water partition coefficient (Wildman–Crippen LogP) is 1.78. The minimum Gasteiger partial charge on any atom is -0.376 e. The smallest absolute Gasteiger partial charge is 0.0553 e. The summed E-state index contributed by atoms with van der Waals surface area (Å²) in [7, 11) is 0. The maximum absolute atomic E-state index is 5.45. The average molecular weight is 113 g/mol. The first kappa shape index (κ1) is 6.09. The molecule has 1 fully saturated rings. The zero-order chi connectivity index (χ0) is 5.98. The molecule has 2 atom stereocenters. The first-order valence-corrected chi connectivity index (χ1v) is 3.26. The summed E-state index contributed by atoms with van der Waals surface area (Å²) in [6.45, 7) is 4.23. The summed E-state index contributed by atoms with van der Waals surface area (Å²) in [6, 6.07) is 0. The van der Waals surface area contributed by atoms with E-state index in [1.54, 1.807) is 0 Å². The molecule has 1 nitrogen and oxygen atoms in total. The van der Waals surface area contributed by atoms with Gasteiger partial charge in [-0.2, -0.15) is 0 Å². The summed E-state index contributed by atoms with van der Waals surface area (Å²) in [4.78, 5) is 0. The van der Waals surface area contributed by atoms with E-state index >= 15 is 0 Å². The Kier molecular flexibility index (Phi) is 1.90. The molecule has 0 aliphatic carbocycles. The van der Waals surface area contributed by atoms with Crippen LogP contribution >= 0.6 is 0 Å². The van der Waals surface area contributed by atoms with E-state index in [9.17, 15) is 0 Å². The molecule has 0 aromatic heterocycles. The molecule has 1 radical (unpaired) electrons. The lowest BCUT2D eigenvalue weighted by atomic mass is 10.1. The lowest BCUT2D eigenvalue weighted by Crippen LogP contribution is -2.22. The van der Waals surface area contributed by atoms with Crippen molar-refractivity contribution in [3.8, 4) is 0 Å². The fourth-order valence-corrected chi connectivity index (χ4v) is 1.07. The summed E-state index contributed by atoms with van der Waals surface area (Å²) in [6.07, 6.45) is 5.48. The highest BCUT2D eigenvalue weighted by Crippen LogP contribution is 2.16. The van der Waals surface area contributed by atoms with Crippen LogP contribution in [0.15, 0.2) is 0 Å². The van der Waals surface area contributed by atoms with Crippen LogP contribution in [-0.4, -0.2) is 12.2 Å². The van der Waals surface area contributed by atoms with E-state index in [2.05, 4.69) is 20.3 Å². The van der Waals surface area contributed by atoms with Crippen molar-refractivity contribution in [1.29, 1.82) is 0 Å². The van der Waals surface area contributed by atoms with Gasteiger partial charge in [0.25, 0.3) is 0 Å². The van der Waals surface area contributed by atoms with E-state index in [0.717, 1.165) is 12.8 Å². The van der Waals surface area contributed by atoms with Gasteiger partial charge in [-0.15, -0.1) is 0 Å². The zero-order valence-electron chi connectivity index (χ0n) is 5.55. The van der Waals surface area contributed by atoms with Crippen LogP contribution in [0.2, 0.25) is 0 Å². The summed E-state index contributed by atoms with van der Waals surface area (Å²) in [5, 5.41) is 0. The van der Waals surface area contributed by atoms with Crippen molar-refractivity contribution in [2.24, 2.45) is 0 Å². The second kappa shape index (κ2) is 2.49. The van der Waals surface area contributed by atoms with Gasteiger partial charge < -0.3 is 4.74 Å². The van der Waals surface area contributed by atoms with E-state index in [0.29, 0.717) is 12.2 Å². The summed E-state index contributed by atoms with van der Waals surface area (Å²) < 4.78 is 5.45. The van der Waals surface area contributed by atoms with Gasteiger partial charge in [0, 0.05) is 0 Å². The van der Waals surface area contributed by atoms with E-state index in [4.69, 9.17) is 4.74 Å². The normalized spacial score (nSPS) is 39.8. The van der Waals surface area contributed by atoms with Gasteiger partial charge in [-0.25, -0.2) is 0 Å². The number of ether oxygens (including phenoxy) is 1. The molecule has 1 aliphatic heterocycles. The molecule has 0 aromatic rings. The quantitative estimate of drug-likeness (QED) is 0.465. The average Bonchev–Trinajstić information content (AvgIpc) is 1.64. The minimum absolute atomic E-state index is 0.457. The Morgan fingerprint density at radius 2 is 1.75 bits per heavy atom. The highest BCUT2D eigenvalue weighted by molar-refractivity contribution is 4.77. The molecule has 8 heavy (non-hydrogen) atoms. The van der Waals surface area contributed by atoms with Crippen molar-refractivity contribution in [2.75, 3.05) is 0 Å². The standard InChI is InChI=1S/C7H13O/c1-6-4-3-5-7(2)8-6/h3,6-7H,4-5H2,1-2H3. The maximum atomic E-state index is 5.45. The largest absolute Gasteiger partial charge is 0.376 e. The van der Waals surface area contributed by atoms with Gasteiger partial charge >= 0.3 is 0 Å². The highest BCUT2D eigenvalue weighted by atomic mass is 16.5. The SMILES string of the molecule is CC1C[CH]CC(C)O1. The van der Waals surface area contributed by atoms with Crippen molar-refractivity contribution >= 4 is 0 Å². The Balaban J connectivity index is 2.23. The number of rotatable bonds is 0. The molecule has 0 aromatic carbocycles. The monoisotopic (exact) mass is 113 g/mol. The molecule has 47 valence electrons. The fourth-order valence-electron chi connectivity index (χ4n) is 1.07. The van der Waals surface area contributed by atoms with Gasteiger partial charge in [0.1, 0.15) is 0 Å². The summed E-state index contributed by atoms with van der Waals surface area (Å²) in [5.41, 5.74) is 0. The van der Waals surface area contributed by atoms with Gasteiger partial charge in [0.15, 0.2) is 0 Å². The van der Waals surface area contributed by atoms with Gasteiger partial charge in [0.2, 0.25) is 0 Å². The van der Waals surface area contributed by atoms with E-state index in [1.807, 2.05) is 0 Å². The lowest BCUT2D eigenvalue weighted by molar-refractivity contribution is -0.0121. The topological polar surface area (TPSA) is 9.23 Å². The first-order valence-electron chi connectivity index (χ1n) is 3.26. The third-order valence-corrected chi connectivity index (χ3v) is 1.46. The second-order valence-corrected chi connectivity index (χ2v) is 2.52. The van der Waals surface area contributed by atoms with Crippen LogP contribution in [0.5, 0.6) is 0 Å². The molecule has 1 heterocycles. The number of hydrogen-bond acceptors (Lipinski definition) is 1. The van der Waals surface area contributed by atoms with Crippen LogP contribution in [0.3, 0.4) is 0 Å². The fraction of sp³-hybridized carbons (Fsp3) is 0.857. The lowest BCUT2D eigenvalue weighted by Gasteiger charge is -2.24. The Hall–Kier alpha value is -0.0400. The van der Waals surface area contributed by atoms with Gasteiger partial charge in [-0.05, 0) is 33.1 Å². The summed E-state index contributed by atoms with van der Waals surface area (Å²) in [5.74, 6) is 0. The van der Waals surface area contributed by atoms with Gasteiger partial charge in [-0.1, -0.05) is 0 Å². The molecule has 1 rings (SSSR count). The van der Waals surface area contributed by atoms with Gasteiger partial charge in [0.05, 0.1) is 12.2 Å². The minimum atomic E-state index is 0.457. The first-order chi connectivity index (χ1) is 3.79. The molecular weight excluding hydrogens is 100 g/mol. The van der Waals surface area contributed by atoms with Crippen molar-refractivity contribution in [2.45, 2.75) is 38.9 Å². The molecule has 1 heteroatoms. The van der Waals surface area contributed by atoms with Crippen molar-refractivity contribution in [1.82, 2.24) is 0 Å². The third kappa shape index (κ3) is 1.48. The molecule has 1 saturated heterocycles. The predicted molar refractivity (Wildman–Crippen MR) is 33.5 cm³/mol. The van der Waals surface area contributed by atoms with Crippen LogP contribution in [0.4, 0.5) is 0 Å². The van der Waals surface area contributed by atoms with Crippen molar-refractivity contribution < 1.29 is 4.74 Å². The molecule has 2 unspecified atom stereocenters.